The Balaban J connectivity index is 0.000000947. The molecule has 0 bridgehead atoms. The van der Waals surface area contributed by atoms with Crippen molar-refractivity contribution in [3.8, 4) is 22.9 Å². The van der Waals surface area contributed by atoms with E-state index < -0.39 is 11.4 Å². The van der Waals surface area contributed by atoms with Gasteiger partial charge in [-0.2, -0.15) is 0 Å². The van der Waals surface area contributed by atoms with E-state index in [-0.39, 0.29) is 17.1 Å². The zero-order valence-corrected chi connectivity index (χ0v) is 22.8. The SMILES string of the molecule is COc1ccc(N=Cc2cn(-c3ccc(OC)cc3)cc2C=[NH+]c2ccc(OC)cc2)cc1.O=S([O-])[O-].[Fe]. The van der Waals surface area contributed by atoms with Crippen LogP contribution in [0, 0.1) is 0 Å². The molecule has 0 aliphatic rings. The van der Waals surface area contributed by atoms with Gasteiger partial charge in [0.25, 0.3) is 0 Å². The molecule has 1 aromatic heterocycles. The van der Waals surface area contributed by atoms with Gasteiger partial charge in [0.2, 0.25) is 5.69 Å². The quantitative estimate of drug-likeness (QED) is 0.196. The van der Waals surface area contributed by atoms with Gasteiger partial charge < -0.3 is 27.9 Å². The fourth-order valence-corrected chi connectivity index (χ4v) is 3.28. The van der Waals surface area contributed by atoms with Crippen molar-refractivity contribution in [2.24, 2.45) is 4.99 Å². The van der Waals surface area contributed by atoms with Gasteiger partial charge in [-0.25, -0.2) is 4.99 Å². The fraction of sp³-hybridized carbons (Fsp3) is 0.111. The van der Waals surface area contributed by atoms with E-state index in [4.69, 9.17) is 27.5 Å². The second-order valence-electron chi connectivity index (χ2n) is 7.45. The predicted octanol–water partition coefficient (Wildman–Crippen LogP) is 3.08. The van der Waals surface area contributed by atoms with Gasteiger partial charge in [-0.15, -0.1) is 11.4 Å². The summed E-state index contributed by atoms with van der Waals surface area (Å²) in [5.74, 6) is 2.44. The molecule has 3 aromatic carbocycles. The maximum Gasteiger partial charge on any atom is 0.203 e. The van der Waals surface area contributed by atoms with Crippen LogP contribution in [0.25, 0.3) is 5.69 Å². The summed E-state index contributed by atoms with van der Waals surface area (Å²) in [5, 5.41) is 0. The molecule has 200 valence electrons. The van der Waals surface area contributed by atoms with E-state index in [0.717, 1.165) is 45.4 Å². The maximum absolute atomic E-state index is 8.44. The van der Waals surface area contributed by atoms with Crippen molar-refractivity contribution in [1.82, 2.24) is 4.57 Å². The van der Waals surface area contributed by atoms with Crippen LogP contribution in [0.3, 0.4) is 0 Å². The molecule has 0 fully saturated rings. The van der Waals surface area contributed by atoms with Crippen molar-refractivity contribution < 1.29 is 49.6 Å². The Morgan fingerprint density at radius 1 is 0.763 bits per heavy atom. The van der Waals surface area contributed by atoms with Gasteiger partial charge in [-0.1, -0.05) is 0 Å². The van der Waals surface area contributed by atoms with Crippen LogP contribution in [-0.2, 0) is 28.4 Å². The molecule has 1 N–H and O–H groups in total. The van der Waals surface area contributed by atoms with Gasteiger partial charge in [0.15, 0.2) is 6.21 Å². The fourth-order valence-electron chi connectivity index (χ4n) is 3.28. The number of rotatable bonds is 8. The molecule has 0 spiro atoms. The van der Waals surface area contributed by atoms with Crippen LogP contribution in [0.15, 0.2) is 90.2 Å². The van der Waals surface area contributed by atoms with Crippen LogP contribution < -0.4 is 19.2 Å². The number of benzene rings is 3. The third kappa shape index (κ3) is 9.29. The Hall–Kier alpha value is -3.73. The first kappa shape index (κ1) is 30.5. The molecule has 4 rings (SSSR count). The van der Waals surface area contributed by atoms with Gasteiger partial charge in [0.05, 0.1) is 32.6 Å². The van der Waals surface area contributed by atoms with Crippen molar-refractivity contribution >= 4 is 35.2 Å². The zero-order valence-electron chi connectivity index (χ0n) is 20.8. The topological polar surface area (TPSA) is 122 Å². The summed E-state index contributed by atoms with van der Waals surface area (Å²) in [6.07, 6.45) is 7.95. The molecule has 0 unspecified atom stereocenters. The summed E-state index contributed by atoms with van der Waals surface area (Å²) in [6, 6.07) is 23.4. The first-order valence-electron chi connectivity index (χ1n) is 11.0. The minimum absolute atomic E-state index is 0. The Morgan fingerprint density at radius 2 is 1.21 bits per heavy atom. The standard InChI is InChI=1S/C27H25N3O3.Fe.H2O3S/c1-31-25-10-4-22(5-11-25)28-16-20-18-30(24-8-14-27(33-3)15-9-24)19-21(20)17-29-23-6-12-26(32-2)13-7-23;;1-4(2)3/h4-19H,1-3H3;;(H2,1,2,3)/p-1. The number of hydrogen-bond acceptors (Lipinski definition) is 7. The van der Waals surface area contributed by atoms with Crippen molar-refractivity contribution in [3.05, 3.63) is 96.3 Å². The molecule has 0 aliphatic carbocycles. The van der Waals surface area contributed by atoms with Gasteiger partial charge >= 0.3 is 0 Å². The Kier molecular flexibility index (Phi) is 12.4. The first-order valence-corrected chi connectivity index (χ1v) is 12.0. The van der Waals surface area contributed by atoms with Crippen molar-refractivity contribution in [2.45, 2.75) is 0 Å². The summed E-state index contributed by atoms with van der Waals surface area (Å²) in [5.41, 5.74) is 4.81. The molecule has 9 nitrogen and oxygen atoms in total. The molecule has 4 aromatic rings. The van der Waals surface area contributed by atoms with Gasteiger partial charge in [-0.05, 0) is 60.7 Å². The van der Waals surface area contributed by atoms with E-state index in [9.17, 15) is 0 Å². The second-order valence-corrected chi connectivity index (χ2v) is 7.86. The number of aliphatic imine (C=N–C) groups is 1. The molecule has 0 atom stereocenters. The van der Waals surface area contributed by atoms with Gasteiger partial charge in [0.1, 0.15) is 17.2 Å². The molecule has 0 saturated carbocycles. The molecular formula is C27H26FeN3O6S-. The second kappa shape index (κ2) is 15.5. The normalized spacial score (nSPS) is 10.7. The van der Waals surface area contributed by atoms with E-state index in [2.05, 4.69) is 26.9 Å². The van der Waals surface area contributed by atoms with Gasteiger partial charge in [-0.3, -0.25) is 9.20 Å². The molecule has 0 amide bonds. The molecule has 0 radical (unpaired) electrons. The number of aromatic nitrogens is 1. The third-order valence-electron chi connectivity index (χ3n) is 5.17. The predicted molar refractivity (Wildman–Crippen MR) is 141 cm³/mol. The minimum Gasteiger partial charge on any atom is -0.784 e. The summed E-state index contributed by atoms with van der Waals surface area (Å²) in [4.78, 5) is 8.00. The van der Waals surface area contributed by atoms with E-state index in [1.54, 1.807) is 21.3 Å². The van der Waals surface area contributed by atoms with Crippen LogP contribution in [0.2, 0.25) is 0 Å². The molecule has 11 heteroatoms. The summed E-state index contributed by atoms with van der Waals surface area (Å²) in [6.45, 7) is 0. The van der Waals surface area contributed by atoms with E-state index in [0.29, 0.717) is 0 Å². The van der Waals surface area contributed by atoms with E-state index in [1.165, 1.54) is 0 Å². The smallest absolute Gasteiger partial charge is 0.203 e. The third-order valence-corrected chi connectivity index (χ3v) is 5.17. The van der Waals surface area contributed by atoms with Crippen LogP contribution in [-0.4, -0.2) is 51.6 Å². The number of hydrogen-bond donors (Lipinski definition) is 1. The number of nitrogens with one attached hydrogen (secondary N) is 1. The number of methoxy groups -OCH3 is 3. The largest absolute Gasteiger partial charge is 0.784 e. The molecule has 38 heavy (non-hydrogen) atoms. The summed E-state index contributed by atoms with van der Waals surface area (Å²) >= 11 is -3.11. The van der Waals surface area contributed by atoms with Crippen molar-refractivity contribution in [2.75, 3.05) is 21.3 Å². The zero-order chi connectivity index (χ0) is 26.6. The first-order chi connectivity index (χ1) is 17.9. The Morgan fingerprint density at radius 3 is 1.71 bits per heavy atom. The number of nitrogens with zero attached hydrogens (tertiary/aromatic N) is 2. The van der Waals surface area contributed by atoms with Gasteiger partial charge in [0, 0.05) is 59.1 Å². The molecule has 0 aliphatic heterocycles. The van der Waals surface area contributed by atoms with E-state index in [1.807, 2.05) is 85.2 Å². The molecular weight excluding hydrogens is 550 g/mol. The van der Waals surface area contributed by atoms with Crippen LogP contribution >= 0.6 is 0 Å². The number of ether oxygens (including phenoxy) is 3. The minimum atomic E-state index is -3.11. The summed E-state index contributed by atoms with van der Waals surface area (Å²) in [7, 11) is 4.97. The maximum atomic E-state index is 8.44. The van der Waals surface area contributed by atoms with Crippen LogP contribution in [0.5, 0.6) is 17.2 Å². The van der Waals surface area contributed by atoms with Crippen LogP contribution in [0.4, 0.5) is 11.4 Å². The Labute approximate surface area is 234 Å². The Bertz CT molecular complexity index is 1280. The average molecular weight is 576 g/mol. The van der Waals surface area contributed by atoms with Crippen LogP contribution in [0.1, 0.15) is 11.1 Å². The average Bonchev–Trinajstić information content (AvgIpc) is 3.34. The van der Waals surface area contributed by atoms with Crippen molar-refractivity contribution in [1.29, 1.82) is 0 Å². The monoisotopic (exact) mass is 576 g/mol. The molecule has 0 saturated heterocycles. The van der Waals surface area contributed by atoms with E-state index >= 15 is 0 Å². The summed E-state index contributed by atoms with van der Waals surface area (Å²) < 4.78 is 43.1. The molecule has 1 heterocycles. The van der Waals surface area contributed by atoms with Crippen molar-refractivity contribution in [3.63, 3.8) is 0 Å².